The highest BCUT2D eigenvalue weighted by molar-refractivity contribution is 5.67. The van der Waals surface area contributed by atoms with E-state index in [0.29, 0.717) is 29.1 Å². The number of carbonyl (C=O) groups is 1. The fourth-order valence-electron chi connectivity index (χ4n) is 2.31. The standard InChI is InChI=1S/C19H17FN2O4/c1-12-2-6-14(10-16(12)20)19-21-17(26-22-19)11-25-15-7-3-13(4-8-15)5-9-18(23)24/h2-4,6-8,10H,5,9,11H2,1H3,(H,23,24). The van der Waals surface area contributed by atoms with Crippen molar-refractivity contribution in [2.75, 3.05) is 0 Å². The maximum atomic E-state index is 13.6. The first kappa shape index (κ1) is 17.6. The van der Waals surface area contributed by atoms with E-state index in [9.17, 15) is 9.18 Å². The minimum Gasteiger partial charge on any atom is -0.484 e. The fraction of sp³-hybridized carbons (Fsp3) is 0.211. The molecule has 0 aliphatic carbocycles. The third-order valence-corrected chi connectivity index (χ3v) is 3.81. The van der Waals surface area contributed by atoms with Gasteiger partial charge < -0.3 is 14.4 Å². The lowest BCUT2D eigenvalue weighted by Crippen LogP contribution is -1.98. The van der Waals surface area contributed by atoms with Gasteiger partial charge in [0.25, 0.3) is 5.89 Å². The average Bonchev–Trinajstić information content (AvgIpc) is 3.10. The number of hydrogen-bond donors (Lipinski definition) is 1. The molecule has 0 amide bonds. The molecule has 3 aromatic rings. The summed E-state index contributed by atoms with van der Waals surface area (Å²) in [5.74, 6) is 0.0201. The summed E-state index contributed by atoms with van der Waals surface area (Å²) < 4.78 is 24.3. The topological polar surface area (TPSA) is 85.5 Å². The van der Waals surface area contributed by atoms with Crippen LogP contribution in [0.5, 0.6) is 5.75 Å². The van der Waals surface area contributed by atoms with E-state index in [1.807, 2.05) is 12.1 Å². The highest BCUT2D eigenvalue weighted by Gasteiger charge is 2.11. The lowest BCUT2D eigenvalue weighted by molar-refractivity contribution is -0.136. The largest absolute Gasteiger partial charge is 0.484 e. The van der Waals surface area contributed by atoms with Crippen LogP contribution in [-0.4, -0.2) is 21.2 Å². The molecule has 1 N–H and O–H groups in total. The first-order chi connectivity index (χ1) is 12.5. The molecule has 0 aliphatic heterocycles. The molecule has 26 heavy (non-hydrogen) atoms. The summed E-state index contributed by atoms with van der Waals surface area (Å²) in [5.41, 5.74) is 2.00. The van der Waals surface area contributed by atoms with Crippen LogP contribution in [0.15, 0.2) is 47.0 Å². The van der Waals surface area contributed by atoms with Gasteiger partial charge in [-0.15, -0.1) is 0 Å². The van der Waals surface area contributed by atoms with Crippen molar-refractivity contribution in [1.82, 2.24) is 10.1 Å². The Morgan fingerprint density at radius 2 is 2.00 bits per heavy atom. The number of aryl methyl sites for hydroxylation is 2. The van der Waals surface area contributed by atoms with Gasteiger partial charge in [-0.1, -0.05) is 29.4 Å². The molecule has 7 heteroatoms. The second-order valence-electron chi connectivity index (χ2n) is 5.80. The molecule has 6 nitrogen and oxygen atoms in total. The third kappa shape index (κ3) is 4.44. The van der Waals surface area contributed by atoms with E-state index in [4.69, 9.17) is 14.4 Å². The molecule has 0 spiro atoms. The van der Waals surface area contributed by atoms with Crippen molar-refractivity contribution < 1.29 is 23.6 Å². The van der Waals surface area contributed by atoms with Crippen molar-refractivity contribution in [1.29, 1.82) is 0 Å². The normalized spacial score (nSPS) is 10.7. The van der Waals surface area contributed by atoms with Gasteiger partial charge in [-0.05, 0) is 42.7 Å². The van der Waals surface area contributed by atoms with Crippen LogP contribution < -0.4 is 4.74 Å². The van der Waals surface area contributed by atoms with Crippen molar-refractivity contribution in [3.63, 3.8) is 0 Å². The van der Waals surface area contributed by atoms with Crippen molar-refractivity contribution in [2.24, 2.45) is 0 Å². The van der Waals surface area contributed by atoms with Gasteiger partial charge in [-0.2, -0.15) is 4.98 Å². The summed E-state index contributed by atoms with van der Waals surface area (Å²) in [4.78, 5) is 14.8. The third-order valence-electron chi connectivity index (χ3n) is 3.81. The number of nitrogens with zero attached hydrogens (tertiary/aromatic N) is 2. The Morgan fingerprint density at radius 1 is 1.23 bits per heavy atom. The number of aliphatic carboxylic acids is 1. The molecule has 0 radical (unpaired) electrons. The molecule has 0 saturated carbocycles. The average molecular weight is 356 g/mol. The fourth-order valence-corrected chi connectivity index (χ4v) is 2.31. The number of hydrogen-bond acceptors (Lipinski definition) is 5. The Kier molecular flexibility index (Phi) is 5.26. The summed E-state index contributed by atoms with van der Waals surface area (Å²) in [6, 6.07) is 11.9. The van der Waals surface area contributed by atoms with Gasteiger partial charge >= 0.3 is 5.97 Å². The lowest BCUT2D eigenvalue weighted by Gasteiger charge is -2.04. The van der Waals surface area contributed by atoms with Crippen LogP contribution in [0.1, 0.15) is 23.4 Å². The van der Waals surface area contributed by atoms with E-state index in [2.05, 4.69) is 10.1 Å². The van der Waals surface area contributed by atoms with E-state index in [1.54, 1.807) is 31.2 Å². The van der Waals surface area contributed by atoms with Gasteiger partial charge in [0, 0.05) is 12.0 Å². The van der Waals surface area contributed by atoms with Crippen LogP contribution in [0.25, 0.3) is 11.4 Å². The Labute approximate surface area is 149 Å². The van der Waals surface area contributed by atoms with Crippen LogP contribution >= 0.6 is 0 Å². The van der Waals surface area contributed by atoms with Gasteiger partial charge in [0.05, 0.1) is 0 Å². The number of benzene rings is 2. The van der Waals surface area contributed by atoms with Gasteiger partial charge in [0.15, 0.2) is 6.61 Å². The van der Waals surface area contributed by atoms with Crippen LogP contribution in [0.4, 0.5) is 4.39 Å². The molecule has 0 atom stereocenters. The highest BCUT2D eigenvalue weighted by atomic mass is 19.1. The molecule has 0 saturated heterocycles. The van der Waals surface area contributed by atoms with Gasteiger partial charge in [-0.3, -0.25) is 4.79 Å². The second kappa shape index (κ2) is 7.77. The molecular formula is C19H17FN2O4. The van der Waals surface area contributed by atoms with E-state index in [-0.39, 0.29) is 24.7 Å². The number of halogens is 1. The zero-order valence-electron chi connectivity index (χ0n) is 14.1. The van der Waals surface area contributed by atoms with E-state index in [1.165, 1.54) is 6.07 Å². The first-order valence-corrected chi connectivity index (χ1v) is 8.04. The lowest BCUT2D eigenvalue weighted by atomic mass is 10.1. The minimum atomic E-state index is -0.828. The maximum absolute atomic E-state index is 13.6. The number of aromatic nitrogens is 2. The van der Waals surface area contributed by atoms with Crippen LogP contribution in [0.3, 0.4) is 0 Å². The predicted octanol–water partition coefficient (Wildman–Crippen LogP) is 3.78. The monoisotopic (exact) mass is 356 g/mol. The predicted molar refractivity (Wildman–Crippen MR) is 91.2 cm³/mol. The molecule has 2 aromatic carbocycles. The first-order valence-electron chi connectivity index (χ1n) is 8.04. The molecule has 134 valence electrons. The maximum Gasteiger partial charge on any atom is 0.303 e. The molecular weight excluding hydrogens is 339 g/mol. The van der Waals surface area contributed by atoms with Crippen LogP contribution in [0.2, 0.25) is 0 Å². The quantitative estimate of drug-likeness (QED) is 0.693. The number of ether oxygens (including phenoxy) is 1. The molecule has 1 aromatic heterocycles. The number of carboxylic acids is 1. The second-order valence-corrected chi connectivity index (χ2v) is 5.80. The molecule has 0 fully saturated rings. The summed E-state index contributed by atoms with van der Waals surface area (Å²) in [6.45, 7) is 1.76. The van der Waals surface area contributed by atoms with Gasteiger partial charge in [0.1, 0.15) is 11.6 Å². The summed E-state index contributed by atoms with van der Waals surface area (Å²) in [7, 11) is 0. The summed E-state index contributed by atoms with van der Waals surface area (Å²) in [6.07, 6.45) is 0.556. The molecule has 0 bridgehead atoms. The Hall–Kier alpha value is -3.22. The molecule has 0 aliphatic rings. The Balaban J connectivity index is 1.59. The van der Waals surface area contributed by atoms with E-state index < -0.39 is 5.97 Å². The molecule has 1 heterocycles. The van der Waals surface area contributed by atoms with E-state index in [0.717, 1.165) is 5.56 Å². The Bertz CT molecular complexity index is 906. The van der Waals surface area contributed by atoms with Gasteiger partial charge in [0.2, 0.25) is 5.82 Å². The van der Waals surface area contributed by atoms with Crippen LogP contribution in [0, 0.1) is 12.7 Å². The number of carboxylic acid groups (broad SMARTS) is 1. The van der Waals surface area contributed by atoms with Crippen molar-refractivity contribution >= 4 is 5.97 Å². The number of rotatable bonds is 7. The Morgan fingerprint density at radius 3 is 2.69 bits per heavy atom. The van der Waals surface area contributed by atoms with Gasteiger partial charge in [-0.25, -0.2) is 4.39 Å². The molecule has 3 rings (SSSR count). The van der Waals surface area contributed by atoms with Crippen LogP contribution in [-0.2, 0) is 17.8 Å². The zero-order valence-corrected chi connectivity index (χ0v) is 14.1. The van der Waals surface area contributed by atoms with Crippen molar-refractivity contribution in [3.05, 3.63) is 65.3 Å². The zero-order chi connectivity index (χ0) is 18.5. The SMILES string of the molecule is Cc1ccc(-c2noc(COc3ccc(CCC(=O)O)cc3)n2)cc1F. The minimum absolute atomic E-state index is 0.0792. The smallest absolute Gasteiger partial charge is 0.303 e. The molecule has 0 unspecified atom stereocenters. The highest BCUT2D eigenvalue weighted by Crippen LogP contribution is 2.20. The van der Waals surface area contributed by atoms with Crippen molar-refractivity contribution in [3.8, 4) is 17.1 Å². The summed E-state index contributed by atoms with van der Waals surface area (Å²) >= 11 is 0. The van der Waals surface area contributed by atoms with Crippen molar-refractivity contribution in [2.45, 2.75) is 26.4 Å². The van der Waals surface area contributed by atoms with E-state index >= 15 is 0 Å². The summed E-state index contributed by atoms with van der Waals surface area (Å²) in [5, 5.41) is 12.5.